The molecule has 2 heterocycles. The molecule has 0 radical (unpaired) electrons. The van der Waals surface area contributed by atoms with Gasteiger partial charge in [-0.05, 0) is 34.6 Å². The summed E-state index contributed by atoms with van der Waals surface area (Å²) >= 11 is 18.5. The highest BCUT2D eigenvalue weighted by Crippen LogP contribution is 2.29. The molecule has 0 atom stereocenters. The highest BCUT2D eigenvalue weighted by Gasteiger charge is 2.06. The second-order valence-electron chi connectivity index (χ2n) is 2.43. The van der Waals surface area contributed by atoms with E-state index in [4.69, 9.17) is 34.8 Å². The van der Waals surface area contributed by atoms with Crippen LogP contribution in [0.1, 0.15) is 0 Å². The lowest BCUT2D eigenvalue weighted by molar-refractivity contribution is 1.05. The Labute approximate surface area is 104 Å². The van der Waals surface area contributed by atoms with Crippen LogP contribution in [0.15, 0.2) is 11.4 Å². The minimum atomic E-state index is 0.0313. The summed E-state index contributed by atoms with van der Waals surface area (Å²) in [6.45, 7) is 0. The minimum absolute atomic E-state index is 0.0313. The summed E-state index contributed by atoms with van der Waals surface area (Å²) in [6.07, 6.45) is 0. The highest BCUT2D eigenvalue weighted by molar-refractivity contribution is 7.15. The summed E-state index contributed by atoms with van der Waals surface area (Å²) in [7, 11) is 0. The van der Waals surface area contributed by atoms with Crippen molar-refractivity contribution in [2.75, 3.05) is 5.32 Å². The van der Waals surface area contributed by atoms with Gasteiger partial charge in [0.25, 0.3) is 0 Å². The molecule has 0 aliphatic rings. The second-order valence-corrected chi connectivity index (χ2v) is 4.62. The number of anilines is 2. The average molecular weight is 282 g/mol. The van der Waals surface area contributed by atoms with Crippen molar-refractivity contribution in [2.24, 2.45) is 0 Å². The molecule has 2 rings (SSSR count). The summed E-state index contributed by atoms with van der Waals surface area (Å²) < 4.78 is 0.614. The Kier molecular flexibility index (Phi) is 3.25. The van der Waals surface area contributed by atoms with Gasteiger partial charge in [-0.1, -0.05) is 11.6 Å². The van der Waals surface area contributed by atoms with Crippen molar-refractivity contribution in [3.8, 4) is 0 Å². The number of aromatic nitrogens is 3. The van der Waals surface area contributed by atoms with E-state index in [1.807, 2.05) is 5.38 Å². The quantitative estimate of drug-likeness (QED) is 0.913. The van der Waals surface area contributed by atoms with Crippen molar-refractivity contribution in [3.63, 3.8) is 0 Å². The maximum Gasteiger partial charge on any atom is 0.232 e. The molecule has 0 aromatic carbocycles. The fourth-order valence-corrected chi connectivity index (χ4v) is 2.08. The predicted octanol–water partition coefficient (Wildman–Crippen LogP) is 3.64. The molecule has 15 heavy (non-hydrogen) atoms. The Balaban J connectivity index is 2.28. The predicted molar refractivity (Wildman–Crippen MR) is 62.5 cm³/mol. The maximum atomic E-state index is 5.89. The normalized spacial score (nSPS) is 10.3. The van der Waals surface area contributed by atoms with E-state index < -0.39 is 0 Å². The number of halogens is 3. The third kappa shape index (κ3) is 2.69. The molecule has 4 nitrogen and oxygen atoms in total. The van der Waals surface area contributed by atoms with Crippen molar-refractivity contribution in [1.29, 1.82) is 0 Å². The molecule has 0 fully saturated rings. The van der Waals surface area contributed by atoms with Crippen LogP contribution in [0.2, 0.25) is 14.9 Å². The van der Waals surface area contributed by atoms with E-state index in [0.29, 0.717) is 10.0 Å². The van der Waals surface area contributed by atoms with Crippen LogP contribution in [0.5, 0.6) is 0 Å². The van der Waals surface area contributed by atoms with Crippen LogP contribution < -0.4 is 5.32 Å². The number of thiophene rings is 1. The molecule has 0 aliphatic heterocycles. The summed E-state index contributed by atoms with van der Waals surface area (Å²) in [5, 5.41) is 4.79. The molecule has 0 saturated carbocycles. The smallest absolute Gasteiger partial charge is 0.232 e. The zero-order valence-corrected chi connectivity index (χ0v) is 10.1. The van der Waals surface area contributed by atoms with Gasteiger partial charge in [-0.2, -0.15) is 15.0 Å². The molecule has 0 aliphatic carbocycles. The molecular weight excluding hydrogens is 279 g/mol. The summed E-state index contributed by atoms with van der Waals surface area (Å²) in [4.78, 5) is 11.3. The van der Waals surface area contributed by atoms with Crippen LogP contribution in [-0.2, 0) is 0 Å². The van der Waals surface area contributed by atoms with Gasteiger partial charge in [0.2, 0.25) is 16.5 Å². The Morgan fingerprint density at radius 2 is 1.73 bits per heavy atom. The molecule has 2 aromatic rings. The Bertz CT molecular complexity index is 467. The van der Waals surface area contributed by atoms with Gasteiger partial charge in [-0.3, -0.25) is 0 Å². The van der Waals surface area contributed by atoms with Crippen molar-refractivity contribution < 1.29 is 0 Å². The first-order valence-electron chi connectivity index (χ1n) is 3.72. The van der Waals surface area contributed by atoms with Gasteiger partial charge in [-0.25, -0.2) is 0 Å². The van der Waals surface area contributed by atoms with Gasteiger partial charge in [0, 0.05) is 0 Å². The molecule has 0 bridgehead atoms. The van der Waals surface area contributed by atoms with Gasteiger partial charge in [0.15, 0.2) is 0 Å². The van der Waals surface area contributed by atoms with E-state index in [9.17, 15) is 0 Å². The third-order valence-corrected chi connectivity index (χ3v) is 2.95. The summed E-state index contributed by atoms with van der Waals surface area (Å²) in [5.74, 6) is 0.264. The number of nitrogens with zero attached hydrogens (tertiary/aromatic N) is 3. The van der Waals surface area contributed by atoms with Crippen LogP contribution in [0.3, 0.4) is 0 Å². The van der Waals surface area contributed by atoms with E-state index in [2.05, 4.69) is 20.3 Å². The molecule has 78 valence electrons. The lowest BCUT2D eigenvalue weighted by Crippen LogP contribution is -1.98. The number of hydrogen-bond acceptors (Lipinski definition) is 5. The molecule has 0 unspecified atom stereocenters. The Morgan fingerprint density at radius 1 is 1.07 bits per heavy atom. The second kappa shape index (κ2) is 4.49. The first-order valence-corrected chi connectivity index (χ1v) is 5.73. The van der Waals surface area contributed by atoms with Crippen molar-refractivity contribution in [2.45, 2.75) is 0 Å². The fourth-order valence-electron chi connectivity index (χ4n) is 0.884. The summed E-state index contributed by atoms with van der Waals surface area (Å²) in [6, 6.07) is 1.80. The molecule has 2 aromatic heterocycles. The van der Waals surface area contributed by atoms with E-state index >= 15 is 0 Å². The molecule has 1 N–H and O–H groups in total. The van der Waals surface area contributed by atoms with Gasteiger partial charge >= 0.3 is 0 Å². The first-order chi connectivity index (χ1) is 7.15. The zero-order chi connectivity index (χ0) is 10.8. The molecule has 0 saturated heterocycles. The van der Waals surface area contributed by atoms with Gasteiger partial charge in [-0.15, -0.1) is 11.3 Å². The van der Waals surface area contributed by atoms with Crippen LogP contribution in [-0.4, -0.2) is 15.0 Å². The molecule has 0 amide bonds. The van der Waals surface area contributed by atoms with Gasteiger partial charge in [0.05, 0.1) is 5.69 Å². The first kappa shape index (κ1) is 10.9. The van der Waals surface area contributed by atoms with Crippen molar-refractivity contribution >= 4 is 57.8 Å². The fraction of sp³-hybridized carbons (Fsp3) is 0. The maximum absolute atomic E-state index is 5.89. The Hall–Kier alpha value is -0.620. The van der Waals surface area contributed by atoms with Crippen LogP contribution in [0.4, 0.5) is 11.6 Å². The molecule has 8 heteroatoms. The van der Waals surface area contributed by atoms with Crippen molar-refractivity contribution in [1.82, 2.24) is 15.0 Å². The van der Waals surface area contributed by atoms with E-state index in [1.165, 1.54) is 11.3 Å². The lowest BCUT2D eigenvalue weighted by Gasteiger charge is -2.02. The molecular formula is C7H3Cl3N4S. The summed E-state index contributed by atoms with van der Waals surface area (Å²) in [5.41, 5.74) is 0.708. The third-order valence-electron chi connectivity index (χ3n) is 1.45. The lowest BCUT2D eigenvalue weighted by atomic mass is 10.5. The highest BCUT2D eigenvalue weighted by atomic mass is 35.5. The number of hydrogen-bond donors (Lipinski definition) is 1. The van der Waals surface area contributed by atoms with Gasteiger partial charge < -0.3 is 5.32 Å². The van der Waals surface area contributed by atoms with Crippen LogP contribution >= 0.6 is 46.1 Å². The van der Waals surface area contributed by atoms with Gasteiger partial charge in [0.1, 0.15) is 4.34 Å². The van der Waals surface area contributed by atoms with E-state index in [0.717, 1.165) is 0 Å². The van der Waals surface area contributed by atoms with Crippen LogP contribution in [0, 0.1) is 0 Å². The Morgan fingerprint density at radius 3 is 2.27 bits per heavy atom. The zero-order valence-electron chi connectivity index (χ0n) is 7.04. The largest absolute Gasteiger partial charge is 0.322 e. The van der Waals surface area contributed by atoms with E-state index in [1.54, 1.807) is 6.07 Å². The monoisotopic (exact) mass is 280 g/mol. The molecule has 0 spiro atoms. The van der Waals surface area contributed by atoms with Crippen LogP contribution in [0.25, 0.3) is 0 Å². The average Bonchev–Trinajstić information content (AvgIpc) is 2.50. The minimum Gasteiger partial charge on any atom is -0.322 e. The number of rotatable bonds is 2. The SMILES string of the molecule is Clc1nc(Cl)nc(Nc2ccsc2Cl)n1. The van der Waals surface area contributed by atoms with E-state index in [-0.39, 0.29) is 16.5 Å². The van der Waals surface area contributed by atoms with Crippen molar-refractivity contribution in [3.05, 3.63) is 26.3 Å². The topological polar surface area (TPSA) is 50.7 Å². The number of nitrogens with one attached hydrogen (secondary N) is 1. The standard InChI is InChI=1S/C7H3Cl3N4S/c8-4-3(1-2-15-4)11-7-13-5(9)12-6(10)14-7/h1-2H,(H,11,12,13,14).